The predicted octanol–water partition coefficient (Wildman–Crippen LogP) is 1.54. The van der Waals surface area contributed by atoms with Crippen molar-refractivity contribution in [3.05, 3.63) is 12.2 Å². The number of amides is 1. The first kappa shape index (κ1) is 11.3. The molecule has 2 bridgehead atoms. The van der Waals surface area contributed by atoms with E-state index in [1.165, 1.54) is 6.42 Å². The van der Waals surface area contributed by atoms with Crippen LogP contribution in [0.4, 0.5) is 0 Å². The minimum absolute atomic E-state index is 0.266. The lowest BCUT2D eigenvalue weighted by Gasteiger charge is -2.38. The van der Waals surface area contributed by atoms with Gasteiger partial charge < -0.3 is 10.6 Å². The highest BCUT2D eigenvalue weighted by molar-refractivity contribution is 5.80. The number of hydrogen-bond donors (Lipinski definition) is 1. The van der Waals surface area contributed by atoms with Crippen molar-refractivity contribution < 1.29 is 4.79 Å². The molecule has 5 unspecified atom stereocenters. The summed E-state index contributed by atoms with van der Waals surface area (Å²) < 4.78 is 0. The fourth-order valence-corrected chi connectivity index (χ4v) is 3.81. The molecule has 3 rings (SSSR count). The van der Waals surface area contributed by atoms with Crippen molar-refractivity contribution in [2.75, 3.05) is 6.54 Å². The van der Waals surface area contributed by atoms with E-state index in [9.17, 15) is 4.79 Å². The van der Waals surface area contributed by atoms with E-state index < -0.39 is 0 Å². The predicted molar refractivity (Wildman–Crippen MR) is 67.2 cm³/mol. The van der Waals surface area contributed by atoms with Crippen LogP contribution >= 0.6 is 0 Å². The average molecular weight is 234 g/mol. The quantitative estimate of drug-likeness (QED) is 0.699. The number of carbonyl (C=O) groups is 1. The highest BCUT2D eigenvalue weighted by Gasteiger charge is 2.42. The summed E-state index contributed by atoms with van der Waals surface area (Å²) in [5, 5.41) is 0. The van der Waals surface area contributed by atoms with E-state index in [0.29, 0.717) is 23.8 Å². The SMILES string of the molecule is CC1CC(N)CCN1C(=O)C1CC2C=CC1C2. The summed E-state index contributed by atoms with van der Waals surface area (Å²) in [7, 11) is 0. The molecule has 3 nitrogen and oxygen atoms in total. The molecule has 2 aliphatic carbocycles. The third kappa shape index (κ3) is 1.90. The van der Waals surface area contributed by atoms with Gasteiger partial charge in [-0.15, -0.1) is 0 Å². The summed E-state index contributed by atoms with van der Waals surface area (Å²) >= 11 is 0. The van der Waals surface area contributed by atoms with Crippen LogP contribution in [-0.4, -0.2) is 29.4 Å². The Kier molecular flexibility index (Phi) is 2.74. The van der Waals surface area contributed by atoms with Crippen molar-refractivity contribution >= 4 is 5.91 Å². The van der Waals surface area contributed by atoms with Crippen LogP contribution in [0.2, 0.25) is 0 Å². The minimum Gasteiger partial charge on any atom is -0.340 e. The maximum atomic E-state index is 12.6. The number of allylic oxidation sites excluding steroid dienone is 2. The molecule has 3 heteroatoms. The summed E-state index contributed by atoms with van der Waals surface area (Å²) in [5.74, 6) is 1.86. The largest absolute Gasteiger partial charge is 0.340 e. The number of fused-ring (bicyclic) bond motifs is 2. The van der Waals surface area contributed by atoms with Crippen molar-refractivity contribution in [3.8, 4) is 0 Å². The number of carbonyl (C=O) groups excluding carboxylic acids is 1. The van der Waals surface area contributed by atoms with Gasteiger partial charge in [0, 0.05) is 24.5 Å². The van der Waals surface area contributed by atoms with Crippen molar-refractivity contribution in [1.29, 1.82) is 0 Å². The van der Waals surface area contributed by atoms with Crippen LogP contribution in [-0.2, 0) is 4.79 Å². The summed E-state index contributed by atoms with van der Waals surface area (Å²) in [6, 6.07) is 0.614. The fourth-order valence-electron chi connectivity index (χ4n) is 3.81. The maximum Gasteiger partial charge on any atom is 0.226 e. The van der Waals surface area contributed by atoms with E-state index in [1.54, 1.807) is 0 Å². The number of hydrogen-bond acceptors (Lipinski definition) is 2. The Bertz CT molecular complexity index is 352. The molecule has 17 heavy (non-hydrogen) atoms. The normalized spacial score (nSPS) is 44.4. The number of nitrogens with two attached hydrogens (primary N) is 1. The second-order valence-corrected chi connectivity index (χ2v) is 6.05. The Labute approximate surface area is 103 Å². The highest BCUT2D eigenvalue weighted by Crippen LogP contribution is 2.44. The number of nitrogens with zero attached hydrogens (tertiary/aromatic N) is 1. The summed E-state index contributed by atoms with van der Waals surface area (Å²) in [5.41, 5.74) is 5.95. The topological polar surface area (TPSA) is 46.3 Å². The van der Waals surface area contributed by atoms with Gasteiger partial charge in [-0.05, 0) is 44.4 Å². The molecule has 1 amide bonds. The first-order valence-corrected chi connectivity index (χ1v) is 6.89. The Morgan fingerprint density at radius 3 is 2.71 bits per heavy atom. The first-order valence-electron chi connectivity index (χ1n) is 6.89. The zero-order chi connectivity index (χ0) is 12.0. The standard InChI is InChI=1S/C14H22N2O/c1-9-6-12(15)4-5-16(9)14(17)13-8-10-2-3-11(13)7-10/h2-3,9-13H,4-8,15H2,1H3. The van der Waals surface area contributed by atoms with Gasteiger partial charge in [-0.2, -0.15) is 0 Å². The Morgan fingerprint density at radius 2 is 2.12 bits per heavy atom. The van der Waals surface area contributed by atoms with Gasteiger partial charge in [0.2, 0.25) is 5.91 Å². The second-order valence-electron chi connectivity index (χ2n) is 6.05. The summed E-state index contributed by atoms with van der Waals surface area (Å²) in [4.78, 5) is 14.6. The number of rotatable bonds is 1. The smallest absolute Gasteiger partial charge is 0.226 e. The molecule has 0 aromatic heterocycles. The van der Waals surface area contributed by atoms with Crippen molar-refractivity contribution in [2.45, 2.75) is 44.7 Å². The molecule has 5 atom stereocenters. The highest BCUT2D eigenvalue weighted by atomic mass is 16.2. The van der Waals surface area contributed by atoms with Gasteiger partial charge in [0.25, 0.3) is 0 Å². The molecule has 1 saturated heterocycles. The van der Waals surface area contributed by atoms with Gasteiger partial charge in [0.15, 0.2) is 0 Å². The lowest BCUT2D eigenvalue weighted by Crippen LogP contribution is -2.50. The molecule has 1 heterocycles. The molecule has 0 spiro atoms. The number of likely N-dealkylation sites (tertiary alicyclic amines) is 1. The zero-order valence-electron chi connectivity index (χ0n) is 10.5. The Hall–Kier alpha value is -0.830. The minimum atomic E-state index is 0.266. The van der Waals surface area contributed by atoms with Crippen LogP contribution in [0, 0.1) is 17.8 Å². The number of piperidine rings is 1. The molecule has 3 aliphatic rings. The van der Waals surface area contributed by atoms with E-state index >= 15 is 0 Å². The van der Waals surface area contributed by atoms with Crippen molar-refractivity contribution in [3.63, 3.8) is 0 Å². The molecule has 0 aromatic carbocycles. The lowest BCUT2D eigenvalue weighted by atomic mass is 9.90. The van der Waals surface area contributed by atoms with E-state index in [2.05, 4.69) is 24.0 Å². The van der Waals surface area contributed by atoms with Crippen LogP contribution in [0.1, 0.15) is 32.6 Å². The zero-order valence-corrected chi connectivity index (χ0v) is 10.5. The van der Waals surface area contributed by atoms with E-state index in [4.69, 9.17) is 5.73 Å². The van der Waals surface area contributed by atoms with E-state index in [-0.39, 0.29) is 12.0 Å². The van der Waals surface area contributed by atoms with Gasteiger partial charge in [0.1, 0.15) is 0 Å². The third-order valence-corrected chi connectivity index (χ3v) is 4.80. The molecule has 1 aliphatic heterocycles. The van der Waals surface area contributed by atoms with Crippen LogP contribution in [0.15, 0.2) is 12.2 Å². The molecule has 0 aromatic rings. The summed E-state index contributed by atoms with van der Waals surface area (Å²) in [6.07, 6.45) is 8.77. The molecule has 2 fully saturated rings. The van der Waals surface area contributed by atoms with E-state index in [1.807, 2.05) is 0 Å². The molecular weight excluding hydrogens is 212 g/mol. The molecule has 0 radical (unpaired) electrons. The maximum absolute atomic E-state index is 12.6. The average Bonchev–Trinajstić information content (AvgIpc) is 2.89. The summed E-state index contributed by atoms with van der Waals surface area (Å²) in [6.45, 7) is 3.00. The van der Waals surface area contributed by atoms with Crippen LogP contribution < -0.4 is 5.73 Å². The molecule has 1 saturated carbocycles. The second kappa shape index (κ2) is 4.13. The fraction of sp³-hybridized carbons (Fsp3) is 0.786. The van der Waals surface area contributed by atoms with Crippen LogP contribution in [0.25, 0.3) is 0 Å². The van der Waals surface area contributed by atoms with Crippen molar-refractivity contribution in [2.24, 2.45) is 23.5 Å². The van der Waals surface area contributed by atoms with Gasteiger partial charge in [0.05, 0.1) is 0 Å². The molecule has 2 N–H and O–H groups in total. The Morgan fingerprint density at radius 1 is 1.29 bits per heavy atom. The lowest BCUT2D eigenvalue weighted by molar-refractivity contribution is -0.139. The van der Waals surface area contributed by atoms with Crippen LogP contribution in [0.5, 0.6) is 0 Å². The van der Waals surface area contributed by atoms with E-state index in [0.717, 1.165) is 25.8 Å². The monoisotopic (exact) mass is 234 g/mol. The first-order chi connectivity index (χ1) is 8.15. The van der Waals surface area contributed by atoms with Crippen molar-refractivity contribution in [1.82, 2.24) is 4.90 Å². The van der Waals surface area contributed by atoms with Gasteiger partial charge in [-0.3, -0.25) is 4.79 Å². The Balaban J connectivity index is 1.68. The van der Waals surface area contributed by atoms with Gasteiger partial charge in [-0.25, -0.2) is 0 Å². The van der Waals surface area contributed by atoms with Gasteiger partial charge in [-0.1, -0.05) is 12.2 Å². The molecule has 94 valence electrons. The third-order valence-electron chi connectivity index (χ3n) is 4.80. The van der Waals surface area contributed by atoms with Gasteiger partial charge >= 0.3 is 0 Å². The van der Waals surface area contributed by atoms with Crippen LogP contribution in [0.3, 0.4) is 0 Å². The molecular formula is C14H22N2O.